The highest BCUT2D eigenvalue weighted by molar-refractivity contribution is 5.77. The Kier molecular flexibility index (Phi) is 4.43. The molecule has 0 aromatic carbocycles. The van der Waals surface area contributed by atoms with Crippen molar-refractivity contribution in [2.75, 3.05) is 0 Å². The van der Waals surface area contributed by atoms with Gasteiger partial charge in [0.1, 0.15) is 0 Å². The van der Waals surface area contributed by atoms with Crippen molar-refractivity contribution in [3.05, 3.63) is 0 Å². The molecule has 0 radical (unpaired) electrons. The Morgan fingerprint density at radius 2 is 1.95 bits per heavy atom. The number of nitrogens with zero attached hydrogens (tertiary/aromatic N) is 1. The molecule has 3 N–H and O–H groups in total. The molecule has 0 amide bonds. The van der Waals surface area contributed by atoms with Gasteiger partial charge in [-0.05, 0) is 25.7 Å². The van der Waals surface area contributed by atoms with Gasteiger partial charge in [0.2, 0.25) is 0 Å². The average Bonchev–Trinajstić information content (AvgIpc) is 2.86. The summed E-state index contributed by atoms with van der Waals surface area (Å²) < 4.78 is 2.54. The highest BCUT2D eigenvalue weighted by Crippen LogP contribution is 2.34. The van der Waals surface area contributed by atoms with Gasteiger partial charge < -0.3 is 5.11 Å². The van der Waals surface area contributed by atoms with Crippen LogP contribution in [-0.2, 0) is 0 Å². The summed E-state index contributed by atoms with van der Waals surface area (Å²) in [6.45, 7) is 4.45. The quantitative estimate of drug-likeness (QED) is 0.659. The second kappa shape index (κ2) is 6.15. The maximum Gasteiger partial charge on any atom is 0.348 e. The zero-order valence-corrected chi connectivity index (χ0v) is 13.7. The van der Waals surface area contributed by atoms with Gasteiger partial charge in [-0.2, -0.15) is 0 Å². The van der Waals surface area contributed by atoms with E-state index in [4.69, 9.17) is 0 Å². The Balaban J connectivity index is 1.74. The SMILES string of the molecule is CCCC[C@@H]1C[C@@H]2CC[C@H]3C[C@@](O)(CCCC)NC(=[N+]23)N1. The molecule has 0 aromatic rings. The Morgan fingerprint density at radius 3 is 2.71 bits per heavy atom. The Morgan fingerprint density at radius 1 is 1.19 bits per heavy atom. The summed E-state index contributed by atoms with van der Waals surface area (Å²) in [6.07, 6.45) is 11.6. The molecule has 3 aliphatic heterocycles. The number of aliphatic hydroxyl groups is 1. The molecule has 0 aromatic heterocycles. The molecule has 0 spiro atoms. The molecular weight excluding hydrogens is 262 g/mol. The molecule has 1 saturated heterocycles. The topological polar surface area (TPSA) is 47.3 Å². The van der Waals surface area contributed by atoms with E-state index in [1.54, 1.807) is 0 Å². The van der Waals surface area contributed by atoms with E-state index in [-0.39, 0.29) is 0 Å². The zero-order valence-electron chi connectivity index (χ0n) is 13.7. The molecule has 1 fully saturated rings. The minimum atomic E-state index is -0.693. The van der Waals surface area contributed by atoms with E-state index in [0.717, 1.165) is 31.6 Å². The largest absolute Gasteiger partial charge is 0.359 e. The molecule has 4 nitrogen and oxygen atoms in total. The Hall–Kier alpha value is -0.770. The van der Waals surface area contributed by atoms with E-state index in [1.807, 2.05) is 0 Å². The molecular formula is C17H32N3O+. The monoisotopic (exact) mass is 294 g/mol. The maximum absolute atomic E-state index is 10.9. The molecule has 120 valence electrons. The first-order valence-corrected chi connectivity index (χ1v) is 9.07. The van der Waals surface area contributed by atoms with Crippen molar-refractivity contribution >= 4 is 5.96 Å². The smallest absolute Gasteiger partial charge is 0.348 e. The van der Waals surface area contributed by atoms with Gasteiger partial charge in [-0.15, -0.1) is 0 Å². The van der Waals surface area contributed by atoms with Crippen LogP contribution in [0.25, 0.3) is 0 Å². The fourth-order valence-electron chi connectivity index (χ4n) is 4.45. The predicted molar refractivity (Wildman–Crippen MR) is 85.4 cm³/mol. The lowest BCUT2D eigenvalue weighted by molar-refractivity contribution is -0.597. The van der Waals surface area contributed by atoms with Gasteiger partial charge in [-0.25, -0.2) is 5.32 Å². The summed E-state index contributed by atoms with van der Waals surface area (Å²) >= 11 is 0. The maximum atomic E-state index is 10.9. The molecule has 3 aliphatic rings. The van der Waals surface area contributed by atoms with Gasteiger partial charge in [-0.3, -0.25) is 9.89 Å². The summed E-state index contributed by atoms with van der Waals surface area (Å²) in [5, 5.41) is 18.1. The van der Waals surface area contributed by atoms with E-state index in [9.17, 15) is 5.11 Å². The number of nitrogens with one attached hydrogen (secondary N) is 2. The molecule has 21 heavy (non-hydrogen) atoms. The highest BCUT2D eigenvalue weighted by atomic mass is 16.3. The van der Waals surface area contributed by atoms with Crippen LogP contribution in [-0.4, -0.2) is 39.5 Å². The third kappa shape index (κ3) is 3.05. The van der Waals surface area contributed by atoms with E-state index < -0.39 is 5.72 Å². The van der Waals surface area contributed by atoms with E-state index in [2.05, 4.69) is 29.1 Å². The molecule has 0 unspecified atom stereocenters. The number of rotatable bonds is 6. The number of unbranched alkanes of at least 4 members (excludes halogenated alkanes) is 2. The molecule has 0 saturated carbocycles. The highest BCUT2D eigenvalue weighted by Gasteiger charge is 2.50. The second-order valence-corrected chi connectivity index (χ2v) is 7.32. The normalized spacial score (nSPS) is 38.0. The van der Waals surface area contributed by atoms with Gasteiger partial charge in [0.05, 0.1) is 18.1 Å². The van der Waals surface area contributed by atoms with Crippen molar-refractivity contribution in [3.8, 4) is 0 Å². The Bertz CT molecular complexity index is 409. The van der Waals surface area contributed by atoms with Gasteiger partial charge in [0.25, 0.3) is 0 Å². The first kappa shape index (κ1) is 15.1. The van der Waals surface area contributed by atoms with Crippen LogP contribution in [0.1, 0.15) is 78.1 Å². The lowest BCUT2D eigenvalue weighted by Crippen LogP contribution is -2.67. The van der Waals surface area contributed by atoms with Crippen molar-refractivity contribution in [2.45, 2.75) is 102 Å². The molecule has 4 atom stereocenters. The molecule has 3 rings (SSSR count). The molecule has 0 aliphatic carbocycles. The van der Waals surface area contributed by atoms with Crippen molar-refractivity contribution in [3.63, 3.8) is 0 Å². The molecule has 4 heteroatoms. The fourth-order valence-corrected chi connectivity index (χ4v) is 4.45. The van der Waals surface area contributed by atoms with Gasteiger partial charge in [0, 0.05) is 19.3 Å². The fraction of sp³-hybridized carbons (Fsp3) is 0.941. The van der Waals surface area contributed by atoms with Crippen LogP contribution in [0.5, 0.6) is 0 Å². The minimum Gasteiger partial charge on any atom is -0.359 e. The average molecular weight is 294 g/mol. The second-order valence-electron chi connectivity index (χ2n) is 7.32. The van der Waals surface area contributed by atoms with E-state index in [0.29, 0.717) is 18.1 Å². The van der Waals surface area contributed by atoms with Crippen LogP contribution < -0.4 is 10.6 Å². The lowest BCUT2D eigenvalue weighted by atomic mass is 9.94. The number of hydrogen-bond donors (Lipinski definition) is 3. The first-order valence-electron chi connectivity index (χ1n) is 9.07. The van der Waals surface area contributed by atoms with E-state index >= 15 is 0 Å². The van der Waals surface area contributed by atoms with Gasteiger partial charge in [-0.1, -0.05) is 33.1 Å². The van der Waals surface area contributed by atoms with Crippen LogP contribution in [0.3, 0.4) is 0 Å². The minimum absolute atomic E-state index is 0.535. The van der Waals surface area contributed by atoms with Crippen LogP contribution in [0.15, 0.2) is 0 Å². The standard InChI is InChI=1S/C17H31N3O/c1-3-5-7-13-11-14-8-9-15-12-17(21,10-6-4-2)19-16(18-13)20(14)15/h13-15,21H,3-12H2,1-2H3,(H,18,19)/p+1/t13-,14+,15+,17+/m1/s1. The number of guanidine groups is 1. The number of hydrogen-bond acceptors (Lipinski definition) is 3. The summed E-state index contributed by atoms with van der Waals surface area (Å²) in [5.74, 6) is 1.12. The van der Waals surface area contributed by atoms with Crippen molar-refractivity contribution in [1.82, 2.24) is 10.6 Å². The third-order valence-electron chi connectivity index (χ3n) is 5.55. The van der Waals surface area contributed by atoms with Gasteiger partial charge >= 0.3 is 5.96 Å². The van der Waals surface area contributed by atoms with Crippen molar-refractivity contribution in [1.29, 1.82) is 0 Å². The molecule has 3 heterocycles. The van der Waals surface area contributed by atoms with Crippen LogP contribution in [0, 0.1) is 0 Å². The van der Waals surface area contributed by atoms with Crippen molar-refractivity contribution in [2.24, 2.45) is 0 Å². The lowest BCUT2D eigenvalue weighted by Gasteiger charge is -2.39. The van der Waals surface area contributed by atoms with Crippen LogP contribution >= 0.6 is 0 Å². The summed E-state index contributed by atoms with van der Waals surface area (Å²) in [7, 11) is 0. The van der Waals surface area contributed by atoms with E-state index in [1.165, 1.54) is 38.5 Å². The van der Waals surface area contributed by atoms with Crippen LogP contribution in [0.4, 0.5) is 0 Å². The summed E-state index contributed by atoms with van der Waals surface area (Å²) in [5.41, 5.74) is -0.693. The predicted octanol–water partition coefficient (Wildman–Crippen LogP) is 2.31. The summed E-state index contributed by atoms with van der Waals surface area (Å²) in [6, 6.07) is 1.81. The van der Waals surface area contributed by atoms with Crippen LogP contribution in [0.2, 0.25) is 0 Å². The molecule has 0 bridgehead atoms. The third-order valence-corrected chi connectivity index (χ3v) is 5.55. The van der Waals surface area contributed by atoms with Crippen molar-refractivity contribution < 1.29 is 9.68 Å². The first-order chi connectivity index (χ1) is 10.1. The summed E-state index contributed by atoms with van der Waals surface area (Å²) in [4.78, 5) is 0. The van der Waals surface area contributed by atoms with Gasteiger partial charge in [0.15, 0.2) is 5.72 Å². The Labute approximate surface area is 129 Å². The zero-order chi connectivity index (χ0) is 14.9.